The zero-order valence-electron chi connectivity index (χ0n) is 14.6. The Morgan fingerprint density at radius 3 is 2.76 bits per heavy atom. The molecule has 29 heavy (non-hydrogen) atoms. The fourth-order valence-corrected chi connectivity index (χ4v) is 4.49. The molecule has 13 heteroatoms. The fourth-order valence-electron chi connectivity index (χ4n) is 2.46. The van der Waals surface area contributed by atoms with Gasteiger partial charge in [0.05, 0.1) is 0 Å². The summed E-state index contributed by atoms with van der Waals surface area (Å²) in [6.07, 6.45) is 0. The molecule has 3 heterocycles. The topological polar surface area (TPSA) is 134 Å². The number of carbonyl (C=O) groups is 1. The molecule has 1 aromatic carbocycles. The minimum atomic E-state index is -4.15. The lowest BCUT2D eigenvalue weighted by Gasteiger charge is -2.19. The SMILES string of the molecule is Cc1noc(N(Oc2ccc3c(c2)OCO3)C(=O)c2sccc2S(N)(=O)=O)c1Cl. The number of aryl methyl sites for hydroxylation is 1. The molecule has 0 atom stereocenters. The molecule has 0 bridgehead atoms. The number of nitrogens with zero attached hydrogens (tertiary/aromatic N) is 2. The maximum absolute atomic E-state index is 13.2. The smallest absolute Gasteiger partial charge is 0.305 e. The van der Waals surface area contributed by atoms with Crippen LogP contribution in [0.4, 0.5) is 5.88 Å². The van der Waals surface area contributed by atoms with Crippen molar-refractivity contribution in [2.45, 2.75) is 11.8 Å². The Morgan fingerprint density at radius 1 is 1.31 bits per heavy atom. The van der Waals surface area contributed by atoms with Crippen molar-refractivity contribution in [3.63, 3.8) is 0 Å². The normalized spacial score (nSPS) is 12.8. The van der Waals surface area contributed by atoms with E-state index in [-0.39, 0.29) is 33.2 Å². The van der Waals surface area contributed by atoms with Crippen molar-refractivity contribution >= 4 is 44.8 Å². The number of primary sulfonamides is 1. The maximum atomic E-state index is 13.2. The summed E-state index contributed by atoms with van der Waals surface area (Å²) in [6.45, 7) is 1.63. The van der Waals surface area contributed by atoms with Crippen LogP contribution >= 0.6 is 22.9 Å². The number of carbonyl (C=O) groups excluding carboxylic acids is 1. The summed E-state index contributed by atoms with van der Waals surface area (Å²) < 4.78 is 39.3. The van der Waals surface area contributed by atoms with Crippen LogP contribution in [0.5, 0.6) is 17.2 Å². The standard InChI is InChI=1S/C16H12ClN3O7S2/c1-8-13(17)16(26-19-8)20(15(21)14-12(4-5-28-14)29(18,22)23)27-9-2-3-10-11(6-9)25-7-24-10/h2-6H,7H2,1H3,(H2,18,22,23). The summed E-state index contributed by atoms with van der Waals surface area (Å²) in [7, 11) is -4.15. The van der Waals surface area contributed by atoms with Gasteiger partial charge in [-0.25, -0.2) is 13.6 Å². The van der Waals surface area contributed by atoms with Gasteiger partial charge < -0.3 is 18.8 Å². The summed E-state index contributed by atoms with van der Waals surface area (Å²) in [4.78, 5) is 18.3. The first-order valence-corrected chi connectivity index (χ1v) is 10.7. The van der Waals surface area contributed by atoms with E-state index in [9.17, 15) is 13.2 Å². The molecule has 1 amide bonds. The number of aromatic nitrogens is 1. The van der Waals surface area contributed by atoms with Crippen LogP contribution in [0.15, 0.2) is 39.1 Å². The van der Waals surface area contributed by atoms with Crippen LogP contribution in [0.3, 0.4) is 0 Å². The number of sulfonamides is 1. The lowest BCUT2D eigenvalue weighted by molar-refractivity contribution is 0.0862. The molecule has 0 radical (unpaired) electrons. The summed E-state index contributed by atoms with van der Waals surface area (Å²) in [6, 6.07) is 5.84. The predicted molar refractivity (Wildman–Crippen MR) is 102 cm³/mol. The number of hydrogen-bond donors (Lipinski definition) is 1. The van der Waals surface area contributed by atoms with Crippen molar-refractivity contribution in [2.24, 2.45) is 5.14 Å². The average Bonchev–Trinajstić information content (AvgIpc) is 3.40. The molecule has 0 aliphatic carbocycles. The quantitative estimate of drug-likeness (QED) is 0.578. The Kier molecular flexibility index (Phi) is 4.86. The van der Waals surface area contributed by atoms with Crippen molar-refractivity contribution < 1.29 is 32.0 Å². The molecule has 1 aliphatic heterocycles. The van der Waals surface area contributed by atoms with Gasteiger partial charge >= 0.3 is 5.91 Å². The zero-order valence-corrected chi connectivity index (χ0v) is 17.0. The maximum Gasteiger partial charge on any atom is 0.305 e. The second-order valence-electron chi connectivity index (χ2n) is 5.75. The van der Waals surface area contributed by atoms with Gasteiger partial charge in [0, 0.05) is 6.07 Å². The monoisotopic (exact) mass is 457 g/mol. The minimum absolute atomic E-state index is 0.0211. The highest BCUT2D eigenvalue weighted by atomic mass is 35.5. The van der Waals surface area contributed by atoms with Gasteiger partial charge in [0.1, 0.15) is 20.5 Å². The minimum Gasteiger partial charge on any atom is -0.454 e. The summed E-state index contributed by atoms with van der Waals surface area (Å²) in [5, 5.41) is 11.1. The van der Waals surface area contributed by atoms with Gasteiger partial charge in [-0.3, -0.25) is 4.79 Å². The molecule has 0 spiro atoms. The Bertz CT molecular complexity index is 1210. The first-order valence-electron chi connectivity index (χ1n) is 7.90. The molecular formula is C16H12ClN3O7S2. The molecule has 0 unspecified atom stereocenters. The predicted octanol–water partition coefficient (Wildman–Crippen LogP) is 2.71. The second-order valence-corrected chi connectivity index (χ2v) is 8.58. The van der Waals surface area contributed by atoms with Crippen molar-refractivity contribution in [2.75, 3.05) is 11.9 Å². The highest BCUT2D eigenvalue weighted by Crippen LogP contribution is 2.37. The van der Waals surface area contributed by atoms with Crippen LogP contribution in [0, 0.1) is 6.92 Å². The number of fused-ring (bicyclic) bond motifs is 1. The van der Waals surface area contributed by atoms with Gasteiger partial charge in [-0.1, -0.05) is 21.8 Å². The van der Waals surface area contributed by atoms with E-state index in [0.29, 0.717) is 22.3 Å². The third-order valence-electron chi connectivity index (χ3n) is 3.81. The van der Waals surface area contributed by atoms with Crippen LogP contribution in [0.25, 0.3) is 0 Å². The third kappa shape index (κ3) is 3.62. The number of anilines is 1. The molecule has 2 aromatic heterocycles. The Labute approximate surface area is 173 Å². The second kappa shape index (κ2) is 7.22. The van der Waals surface area contributed by atoms with E-state index >= 15 is 0 Å². The molecule has 3 aromatic rings. The molecule has 4 rings (SSSR count). The Hall–Kier alpha value is -2.80. The molecule has 152 valence electrons. The van der Waals surface area contributed by atoms with Gasteiger partial charge in [-0.05, 0) is 30.5 Å². The number of halogens is 1. The number of hydrogen-bond acceptors (Lipinski definition) is 9. The summed E-state index contributed by atoms with van der Waals surface area (Å²) >= 11 is 7.05. The van der Waals surface area contributed by atoms with E-state index in [2.05, 4.69) is 5.16 Å². The van der Waals surface area contributed by atoms with Crippen LogP contribution in [0.1, 0.15) is 15.4 Å². The first-order chi connectivity index (χ1) is 13.8. The van der Waals surface area contributed by atoms with Gasteiger partial charge in [0.15, 0.2) is 17.2 Å². The molecule has 1 aliphatic rings. The molecule has 0 saturated carbocycles. The van der Waals surface area contributed by atoms with E-state index < -0.39 is 15.9 Å². The first kappa shape index (κ1) is 19.5. The number of thiophene rings is 1. The fraction of sp³-hybridized carbons (Fsp3) is 0.125. The van der Waals surface area contributed by atoms with E-state index in [1.54, 1.807) is 13.0 Å². The summed E-state index contributed by atoms with van der Waals surface area (Å²) in [5.41, 5.74) is 0.312. The third-order valence-corrected chi connectivity index (χ3v) is 6.23. The number of rotatable bonds is 5. The number of amides is 1. The number of ether oxygens (including phenoxy) is 2. The van der Waals surface area contributed by atoms with E-state index in [1.807, 2.05) is 0 Å². The van der Waals surface area contributed by atoms with Crippen LogP contribution < -0.4 is 24.5 Å². The van der Waals surface area contributed by atoms with E-state index in [1.165, 1.54) is 23.6 Å². The zero-order chi connectivity index (χ0) is 20.8. The Morgan fingerprint density at radius 2 is 2.07 bits per heavy atom. The largest absolute Gasteiger partial charge is 0.454 e. The molecule has 2 N–H and O–H groups in total. The highest BCUT2D eigenvalue weighted by molar-refractivity contribution is 7.89. The number of hydroxylamine groups is 1. The van der Waals surface area contributed by atoms with Crippen molar-refractivity contribution in [1.82, 2.24) is 5.16 Å². The highest BCUT2D eigenvalue weighted by Gasteiger charge is 2.33. The van der Waals surface area contributed by atoms with Gasteiger partial charge in [0.25, 0.3) is 5.88 Å². The van der Waals surface area contributed by atoms with Crippen LogP contribution in [0.2, 0.25) is 5.02 Å². The van der Waals surface area contributed by atoms with Gasteiger partial charge in [-0.2, -0.15) is 0 Å². The lowest BCUT2D eigenvalue weighted by Crippen LogP contribution is -2.35. The van der Waals surface area contributed by atoms with E-state index in [4.69, 9.17) is 35.6 Å². The van der Waals surface area contributed by atoms with Crippen molar-refractivity contribution in [3.05, 3.63) is 45.2 Å². The van der Waals surface area contributed by atoms with Crippen LogP contribution in [-0.2, 0) is 10.0 Å². The number of nitrogens with two attached hydrogens (primary N) is 1. The molecule has 0 saturated heterocycles. The molecular weight excluding hydrogens is 446 g/mol. The summed E-state index contributed by atoms with van der Waals surface area (Å²) in [5.74, 6) is 0.0245. The van der Waals surface area contributed by atoms with Crippen molar-refractivity contribution in [1.29, 1.82) is 0 Å². The number of benzene rings is 1. The Balaban J connectivity index is 1.76. The molecule has 10 nitrogen and oxygen atoms in total. The lowest BCUT2D eigenvalue weighted by atomic mass is 10.3. The van der Waals surface area contributed by atoms with Crippen LogP contribution in [-0.4, -0.2) is 26.3 Å². The van der Waals surface area contributed by atoms with Gasteiger partial charge in [0.2, 0.25) is 16.8 Å². The van der Waals surface area contributed by atoms with Gasteiger partial charge in [-0.15, -0.1) is 11.3 Å². The van der Waals surface area contributed by atoms with Crippen molar-refractivity contribution in [3.8, 4) is 17.2 Å². The average molecular weight is 458 g/mol. The molecule has 0 fully saturated rings. The van der Waals surface area contributed by atoms with E-state index in [0.717, 1.165) is 11.3 Å².